The molecular weight excluding hydrogens is 316 g/mol. The van der Waals surface area contributed by atoms with Gasteiger partial charge >= 0.3 is 0 Å². The van der Waals surface area contributed by atoms with Crippen molar-refractivity contribution in [2.75, 3.05) is 5.73 Å². The first-order valence-electron chi connectivity index (χ1n) is 5.96. The zero-order valence-corrected chi connectivity index (χ0v) is 12.6. The number of sulfonamides is 1. The molecule has 1 aliphatic carbocycles. The summed E-state index contributed by atoms with van der Waals surface area (Å²) in [5.74, 6) is 0.593. The maximum absolute atomic E-state index is 12.2. The van der Waals surface area contributed by atoms with Gasteiger partial charge in [0.15, 0.2) is 0 Å². The molecule has 0 aliphatic heterocycles. The van der Waals surface area contributed by atoms with E-state index in [1.165, 1.54) is 12.1 Å². The van der Waals surface area contributed by atoms with Crippen molar-refractivity contribution in [2.24, 2.45) is 5.92 Å². The summed E-state index contributed by atoms with van der Waals surface area (Å²) in [6, 6.07) is 4.72. The van der Waals surface area contributed by atoms with Gasteiger partial charge in [0.05, 0.1) is 4.90 Å². The standard InChI is InChI=1S/C12H17BrN2O2S/c1-8-2-3-9(6-8)15-18(16,17)10-4-5-12(14)11(13)7-10/h4-5,7-9,15H,2-3,6,14H2,1H3. The lowest BCUT2D eigenvalue weighted by molar-refractivity contribution is 0.538. The Balaban J connectivity index is 2.17. The number of nitrogen functional groups attached to an aromatic ring is 1. The van der Waals surface area contributed by atoms with Crippen LogP contribution in [0.5, 0.6) is 0 Å². The number of benzene rings is 1. The first-order valence-corrected chi connectivity index (χ1v) is 8.23. The molecule has 0 aromatic heterocycles. The lowest BCUT2D eigenvalue weighted by atomic mass is 10.1. The summed E-state index contributed by atoms with van der Waals surface area (Å²) in [5, 5.41) is 0. The van der Waals surface area contributed by atoms with Crippen molar-refractivity contribution in [3.05, 3.63) is 22.7 Å². The average Bonchev–Trinajstić information content (AvgIpc) is 2.67. The Bertz CT molecular complexity index is 545. The van der Waals surface area contributed by atoms with Crippen LogP contribution in [0.4, 0.5) is 5.69 Å². The summed E-state index contributed by atoms with van der Waals surface area (Å²) in [6.07, 6.45) is 2.91. The predicted molar refractivity (Wildman–Crippen MR) is 75.7 cm³/mol. The van der Waals surface area contributed by atoms with Gasteiger partial charge in [-0.05, 0) is 59.3 Å². The molecule has 2 atom stereocenters. The van der Waals surface area contributed by atoms with E-state index in [1.807, 2.05) is 0 Å². The molecule has 3 N–H and O–H groups in total. The molecule has 0 spiro atoms. The minimum absolute atomic E-state index is 0.0568. The summed E-state index contributed by atoms with van der Waals surface area (Å²) < 4.78 is 27.7. The molecule has 1 aromatic carbocycles. The topological polar surface area (TPSA) is 72.2 Å². The molecule has 0 bridgehead atoms. The molecule has 18 heavy (non-hydrogen) atoms. The van der Waals surface area contributed by atoms with Crippen LogP contribution in [-0.2, 0) is 10.0 Å². The second-order valence-electron chi connectivity index (χ2n) is 4.92. The van der Waals surface area contributed by atoms with Crippen molar-refractivity contribution in [1.29, 1.82) is 0 Å². The van der Waals surface area contributed by atoms with E-state index < -0.39 is 10.0 Å². The van der Waals surface area contributed by atoms with E-state index in [-0.39, 0.29) is 10.9 Å². The summed E-state index contributed by atoms with van der Waals surface area (Å²) in [4.78, 5) is 0.253. The number of anilines is 1. The first-order chi connectivity index (χ1) is 8.38. The van der Waals surface area contributed by atoms with Crippen LogP contribution in [0.1, 0.15) is 26.2 Å². The first kappa shape index (κ1) is 13.8. The fourth-order valence-corrected chi connectivity index (χ4v) is 4.12. The number of nitrogens with one attached hydrogen (secondary N) is 1. The van der Waals surface area contributed by atoms with E-state index >= 15 is 0 Å². The SMILES string of the molecule is CC1CCC(NS(=O)(=O)c2ccc(N)c(Br)c2)C1. The third-order valence-electron chi connectivity index (χ3n) is 3.30. The number of halogens is 1. The Hall–Kier alpha value is -0.590. The van der Waals surface area contributed by atoms with Gasteiger partial charge in [0.1, 0.15) is 0 Å². The summed E-state index contributed by atoms with van der Waals surface area (Å²) in [5.41, 5.74) is 6.18. The van der Waals surface area contributed by atoms with E-state index in [0.29, 0.717) is 16.1 Å². The van der Waals surface area contributed by atoms with Gasteiger partial charge in [0, 0.05) is 16.2 Å². The van der Waals surface area contributed by atoms with Crippen molar-refractivity contribution in [3.8, 4) is 0 Å². The minimum Gasteiger partial charge on any atom is -0.398 e. The minimum atomic E-state index is -3.44. The maximum atomic E-state index is 12.2. The Morgan fingerprint density at radius 2 is 2.11 bits per heavy atom. The van der Waals surface area contributed by atoms with Crippen LogP contribution in [0.2, 0.25) is 0 Å². The molecule has 4 nitrogen and oxygen atoms in total. The van der Waals surface area contributed by atoms with E-state index in [2.05, 4.69) is 27.6 Å². The molecular formula is C12H17BrN2O2S. The molecule has 0 amide bonds. The Kier molecular flexibility index (Phi) is 3.99. The van der Waals surface area contributed by atoms with E-state index in [4.69, 9.17) is 5.73 Å². The van der Waals surface area contributed by atoms with Gasteiger partial charge in [0.2, 0.25) is 10.0 Å². The second kappa shape index (κ2) is 5.19. The highest BCUT2D eigenvalue weighted by molar-refractivity contribution is 9.10. The molecule has 1 aromatic rings. The molecule has 2 unspecified atom stereocenters. The second-order valence-corrected chi connectivity index (χ2v) is 7.49. The quantitative estimate of drug-likeness (QED) is 0.835. The number of hydrogen-bond acceptors (Lipinski definition) is 3. The van der Waals surface area contributed by atoms with Gasteiger partial charge in [-0.25, -0.2) is 13.1 Å². The zero-order chi connectivity index (χ0) is 13.3. The van der Waals surface area contributed by atoms with E-state index in [0.717, 1.165) is 19.3 Å². The molecule has 1 saturated carbocycles. The van der Waals surface area contributed by atoms with E-state index in [1.54, 1.807) is 6.07 Å². The van der Waals surface area contributed by atoms with E-state index in [9.17, 15) is 8.42 Å². The van der Waals surface area contributed by atoms with Gasteiger partial charge in [0.25, 0.3) is 0 Å². The Labute approximate surface area is 116 Å². The van der Waals surface area contributed by atoms with Crippen LogP contribution in [-0.4, -0.2) is 14.5 Å². The largest absolute Gasteiger partial charge is 0.398 e. The number of hydrogen-bond donors (Lipinski definition) is 2. The van der Waals surface area contributed by atoms with Crippen LogP contribution in [0, 0.1) is 5.92 Å². The van der Waals surface area contributed by atoms with Crippen LogP contribution in [0.3, 0.4) is 0 Å². The van der Waals surface area contributed by atoms with Crippen LogP contribution in [0.15, 0.2) is 27.6 Å². The van der Waals surface area contributed by atoms with Crippen LogP contribution < -0.4 is 10.5 Å². The van der Waals surface area contributed by atoms with Crippen molar-refractivity contribution in [3.63, 3.8) is 0 Å². The van der Waals surface area contributed by atoms with Crippen LogP contribution >= 0.6 is 15.9 Å². The molecule has 1 fully saturated rings. The van der Waals surface area contributed by atoms with Gasteiger partial charge < -0.3 is 5.73 Å². The van der Waals surface area contributed by atoms with Gasteiger partial charge in [-0.2, -0.15) is 0 Å². The Morgan fingerprint density at radius 1 is 1.39 bits per heavy atom. The predicted octanol–water partition coefficient (Wildman–Crippen LogP) is 2.50. The molecule has 2 rings (SSSR count). The highest BCUT2D eigenvalue weighted by Gasteiger charge is 2.26. The van der Waals surface area contributed by atoms with Gasteiger partial charge in [-0.3, -0.25) is 0 Å². The third-order valence-corrected chi connectivity index (χ3v) is 5.50. The van der Waals surface area contributed by atoms with Crippen molar-refractivity contribution >= 4 is 31.6 Å². The molecule has 0 radical (unpaired) electrons. The Morgan fingerprint density at radius 3 is 2.67 bits per heavy atom. The highest BCUT2D eigenvalue weighted by atomic mass is 79.9. The molecule has 0 saturated heterocycles. The fraction of sp³-hybridized carbons (Fsp3) is 0.500. The molecule has 0 heterocycles. The highest BCUT2D eigenvalue weighted by Crippen LogP contribution is 2.27. The van der Waals surface area contributed by atoms with Crippen molar-refractivity contribution < 1.29 is 8.42 Å². The van der Waals surface area contributed by atoms with Gasteiger partial charge in [-0.15, -0.1) is 0 Å². The number of rotatable bonds is 3. The summed E-state index contributed by atoms with van der Waals surface area (Å²) in [6.45, 7) is 2.15. The zero-order valence-electron chi connectivity index (χ0n) is 10.2. The number of nitrogens with two attached hydrogens (primary N) is 1. The maximum Gasteiger partial charge on any atom is 0.240 e. The fourth-order valence-electron chi connectivity index (χ4n) is 2.28. The monoisotopic (exact) mass is 332 g/mol. The molecule has 6 heteroatoms. The molecule has 1 aliphatic rings. The lowest BCUT2D eigenvalue weighted by Gasteiger charge is -2.13. The summed E-state index contributed by atoms with van der Waals surface area (Å²) >= 11 is 3.24. The van der Waals surface area contributed by atoms with Crippen LogP contribution in [0.25, 0.3) is 0 Å². The van der Waals surface area contributed by atoms with Crippen molar-refractivity contribution in [1.82, 2.24) is 4.72 Å². The average molecular weight is 333 g/mol. The normalized spacial score (nSPS) is 24.3. The third kappa shape index (κ3) is 3.05. The smallest absolute Gasteiger partial charge is 0.240 e. The summed E-state index contributed by atoms with van der Waals surface area (Å²) in [7, 11) is -3.44. The molecule has 100 valence electrons. The lowest BCUT2D eigenvalue weighted by Crippen LogP contribution is -2.32. The van der Waals surface area contributed by atoms with Gasteiger partial charge in [-0.1, -0.05) is 6.92 Å². The van der Waals surface area contributed by atoms with Crippen molar-refractivity contribution in [2.45, 2.75) is 37.1 Å².